The molecule has 0 aliphatic heterocycles. The summed E-state index contributed by atoms with van der Waals surface area (Å²) in [7, 11) is -2.82. The van der Waals surface area contributed by atoms with Crippen LogP contribution in [0.15, 0.2) is 70.9 Å². The van der Waals surface area contributed by atoms with E-state index in [2.05, 4.69) is 5.32 Å². The van der Waals surface area contributed by atoms with Crippen molar-refractivity contribution < 1.29 is 31.2 Å². The summed E-state index contributed by atoms with van der Waals surface area (Å²) in [5.74, 6) is -0.839. The molecule has 33 heavy (non-hydrogen) atoms. The molecule has 2 amide bonds. The Morgan fingerprint density at radius 2 is 1.67 bits per heavy atom. The average molecular weight is 498 g/mol. The maximum absolute atomic E-state index is 12.8. The van der Waals surface area contributed by atoms with Crippen LogP contribution in [-0.4, -0.2) is 40.0 Å². The Morgan fingerprint density at radius 1 is 1.00 bits per heavy atom. The molecular formula is C21H18F3N3O4S2. The van der Waals surface area contributed by atoms with Crippen LogP contribution in [0.5, 0.6) is 0 Å². The van der Waals surface area contributed by atoms with Crippen molar-refractivity contribution in [2.24, 2.45) is 0 Å². The van der Waals surface area contributed by atoms with Crippen LogP contribution in [0.2, 0.25) is 0 Å². The van der Waals surface area contributed by atoms with Gasteiger partial charge in [-0.3, -0.25) is 9.59 Å². The number of anilines is 2. The van der Waals surface area contributed by atoms with Gasteiger partial charge < -0.3 is 10.2 Å². The van der Waals surface area contributed by atoms with Gasteiger partial charge in [0.05, 0.1) is 21.0 Å². The molecule has 3 aromatic rings. The smallest absolute Gasteiger partial charge is 0.322 e. The molecule has 1 aromatic heterocycles. The van der Waals surface area contributed by atoms with Gasteiger partial charge in [-0.1, -0.05) is 18.2 Å². The molecular weight excluding hydrogens is 479 g/mol. The van der Waals surface area contributed by atoms with E-state index in [1.807, 2.05) is 0 Å². The van der Waals surface area contributed by atoms with Crippen LogP contribution >= 0.6 is 11.3 Å². The lowest BCUT2D eigenvalue weighted by molar-refractivity contribution is -0.121. The number of nitrogens with one attached hydrogen (secondary N) is 2. The highest BCUT2D eigenvalue weighted by molar-refractivity contribution is 7.89. The van der Waals surface area contributed by atoms with E-state index in [9.17, 15) is 31.2 Å². The van der Waals surface area contributed by atoms with Crippen molar-refractivity contribution in [2.45, 2.75) is 11.1 Å². The predicted molar refractivity (Wildman–Crippen MR) is 119 cm³/mol. The number of halogens is 3. The predicted octanol–water partition coefficient (Wildman–Crippen LogP) is 4.12. The number of benzene rings is 2. The van der Waals surface area contributed by atoms with E-state index in [-0.39, 0.29) is 22.1 Å². The second-order valence-electron chi connectivity index (χ2n) is 6.78. The zero-order valence-electron chi connectivity index (χ0n) is 17.1. The number of carbonyl (C=O) groups excluding carboxylic acids is 2. The molecule has 12 heteroatoms. The number of para-hydroxylation sites is 1. The maximum Gasteiger partial charge on any atom is 0.402 e. The van der Waals surface area contributed by atoms with Crippen molar-refractivity contribution in [1.82, 2.24) is 4.72 Å². The average Bonchev–Trinajstić information content (AvgIpc) is 3.32. The van der Waals surface area contributed by atoms with E-state index in [0.717, 1.165) is 12.1 Å². The molecule has 0 spiro atoms. The minimum absolute atomic E-state index is 0.202. The number of amides is 2. The van der Waals surface area contributed by atoms with Crippen molar-refractivity contribution in [3.8, 4) is 0 Å². The van der Waals surface area contributed by atoms with E-state index in [1.54, 1.807) is 42.8 Å². The van der Waals surface area contributed by atoms with Crippen molar-refractivity contribution in [3.63, 3.8) is 0 Å². The lowest BCUT2D eigenvalue weighted by atomic mass is 10.1. The molecule has 0 aliphatic carbocycles. The number of hydrogen-bond acceptors (Lipinski definition) is 5. The second-order valence-corrected chi connectivity index (χ2v) is 9.49. The van der Waals surface area contributed by atoms with Gasteiger partial charge in [-0.15, -0.1) is 11.3 Å². The van der Waals surface area contributed by atoms with Gasteiger partial charge in [-0.25, -0.2) is 13.1 Å². The van der Waals surface area contributed by atoms with Gasteiger partial charge in [0.25, 0.3) is 11.8 Å². The molecule has 174 valence electrons. The van der Waals surface area contributed by atoms with E-state index >= 15 is 0 Å². The number of thiophene rings is 1. The quantitative estimate of drug-likeness (QED) is 0.514. The van der Waals surface area contributed by atoms with Crippen molar-refractivity contribution in [3.05, 3.63) is 76.5 Å². The number of nitrogens with zero attached hydrogens (tertiary/aromatic N) is 1. The molecule has 0 saturated heterocycles. The number of alkyl halides is 3. The molecule has 3 rings (SSSR count). The van der Waals surface area contributed by atoms with Gasteiger partial charge in [0.15, 0.2) is 0 Å². The van der Waals surface area contributed by atoms with Gasteiger partial charge in [0.1, 0.15) is 6.54 Å². The number of hydrogen-bond donors (Lipinski definition) is 2. The van der Waals surface area contributed by atoms with E-state index < -0.39 is 28.7 Å². The summed E-state index contributed by atoms with van der Waals surface area (Å²) in [6, 6.07) is 14.5. The molecule has 0 radical (unpaired) electrons. The minimum Gasteiger partial charge on any atom is -0.322 e. The number of sulfonamides is 1. The van der Waals surface area contributed by atoms with Crippen molar-refractivity contribution in [2.75, 3.05) is 23.8 Å². The first-order valence-corrected chi connectivity index (χ1v) is 11.7. The molecule has 7 nitrogen and oxygen atoms in total. The van der Waals surface area contributed by atoms with Crippen molar-refractivity contribution >= 4 is 44.5 Å². The summed E-state index contributed by atoms with van der Waals surface area (Å²) in [5, 5.41) is 4.36. The van der Waals surface area contributed by atoms with Crippen LogP contribution in [0, 0.1) is 0 Å². The minimum atomic E-state index is -4.69. The third-order valence-corrected chi connectivity index (χ3v) is 6.71. The first-order chi connectivity index (χ1) is 15.5. The molecule has 0 unspecified atom stereocenters. The van der Waals surface area contributed by atoms with Gasteiger partial charge in [-0.2, -0.15) is 13.2 Å². The largest absolute Gasteiger partial charge is 0.402 e. The van der Waals surface area contributed by atoms with Gasteiger partial charge >= 0.3 is 6.18 Å². The highest BCUT2D eigenvalue weighted by Crippen LogP contribution is 2.24. The summed E-state index contributed by atoms with van der Waals surface area (Å²) in [6.07, 6.45) is -4.69. The lowest BCUT2D eigenvalue weighted by Crippen LogP contribution is -2.33. The third-order valence-electron chi connectivity index (χ3n) is 4.43. The van der Waals surface area contributed by atoms with Gasteiger partial charge in [0.2, 0.25) is 10.0 Å². The summed E-state index contributed by atoms with van der Waals surface area (Å²) in [6.45, 7) is -1.69. The van der Waals surface area contributed by atoms with E-state index in [1.165, 1.54) is 39.2 Å². The molecule has 0 atom stereocenters. The highest BCUT2D eigenvalue weighted by atomic mass is 32.2. The lowest BCUT2D eigenvalue weighted by Gasteiger charge is -2.20. The summed E-state index contributed by atoms with van der Waals surface area (Å²) in [5.41, 5.74) is 0.786. The van der Waals surface area contributed by atoms with Crippen LogP contribution in [0.3, 0.4) is 0 Å². The van der Waals surface area contributed by atoms with E-state index in [4.69, 9.17) is 0 Å². The van der Waals surface area contributed by atoms with Crippen LogP contribution < -0.4 is 14.9 Å². The zero-order valence-corrected chi connectivity index (χ0v) is 18.7. The van der Waals surface area contributed by atoms with Crippen molar-refractivity contribution in [1.29, 1.82) is 0 Å². The Labute approximate surface area is 191 Å². The molecule has 0 saturated carbocycles. The Balaban J connectivity index is 1.75. The topological polar surface area (TPSA) is 95.6 Å². The maximum atomic E-state index is 12.8. The van der Waals surface area contributed by atoms with Gasteiger partial charge in [-0.05, 0) is 47.8 Å². The fraction of sp³-hybridized carbons (Fsp3) is 0.143. The summed E-state index contributed by atoms with van der Waals surface area (Å²) >= 11 is 1.27. The molecule has 0 bridgehead atoms. The normalized spacial score (nSPS) is 11.8. The van der Waals surface area contributed by atoms with Crippen LogP contribution in [0.25, 0.3) is 0 Å². The third kappa shape index (κ3) is 6.18. The van der Waals surface area contributed by atoms with Crippen LogP contribution in [0.1, 0.15) is 20.0 Å². The standard InChI is InChI=1S/C21H18F3N3O4S2/c1-27(20(29)18-7-4-12-32-18)17-6-3-2-5-16(17)19(28)26-14-8-10-15(11-9-14)33(30,31)25-13-21(22,23)24/h2-12,25H,13H2,1H3,(H,26,28). The first-order valence-electron chi connectivity index (χ1n) is 9.36. The first kappa shape index (κ1) is 24.4. The molecule has 2 N–H and O–H groups in total. The SMILES string of the molecule is CN(C(=O)c1cccs1)c1ccccc1C(=O)Nc1ccc(S(=O)(=O)NCC(F)(F)F)cc1. The Bertz CT molecular complexity index is 1240. The van der Waals surface area contributed by atoms with E-state index in [0.29, 0.717) is 10.6 Å². The fourth-order valence-electron chi connectivity index (χ4n) is 2.81. The fourth-order valence-corrected chi connectivity index (χ4v) is 4.52. The number of carbonyl (C=O) groups is 2. The molecule has 2 aromatic carbocycles. The molecule has 0 fully saturated rings. The summed E-state index contributed by atoms with van der Waals surface area (Å²) < 4.78 is 62.3. The molecule has 0 aliphatic rings. The Hall–Kier alpha value is -3.22. The van der Waals surface area contributed by atoms with Crippen LogP contribution in [0.4, 0.5) is 24.5 Å². The number of rotatable bonds is 7. The highest BCUT2D eigenvalue weighted by Gasteiger charge is 2.30. The summed E-state index contributed by atoms with van der Waals surface area (Å²) in [4.78, 5) is 27.0. The Morgan fingerprint density at radius 3 is 2.27 bits per heavy atom. The monoisotopic (exact) mass is 497 g/mol. The van der Waals surface area contributed by atoms with Crippen LogP contribution in [-0.2, 0) is 10.0 Å². The Kier molecular flexibility index (Phi) is 7.20. The molecule has 1 heterocycles. The zero-order chi connectivity index (χ0) is 24.2. The second kappa shape index (κ2) is 9.73. The van der Waals surface area contributed by atoms with Gasteiger partial charge in [0, 0.05) is 12.7 Å².